The van der Waals surface area contributed by atoms with E-state index in [0.717, 1.165) is 0 Å². The van der Waals surface area contributed by atoms with Gasteiger partial charge in [-0.3, -0.25) is 4.79 Å². The number of aliphatic hydroxyl groups is 1. The molecule has 3 atom stereocenters. The quantitative estimate of drug-likeness (QED) is 0.492. The Morgan fingerprint density at radius 2 is 1.76 bits per heavy atom. The van der Waals surface area contributed by atoms with Crippen molar-refractivity contribution in [2.45, 2.75) is 24.9 Å². The molecule has 0 saturated carbocycles. The zero-order valence-corrected chi connectivity index (χ0v) is 17.9. The SMILES string of the molecule is CCOC(=O)[C@@H]1[C@H](c2cn(-c3ccccc3)nc2-c2ccccc2)NC(=O)N[C@]1(O)C(F)(F)F. The number of alkyl halides is 3. The molecule has 3 N–H and O–H groups in total. The van der Waals surface area contributed by atoms with Crippen LogP contribution in [0.25, 0.3) is 16.9 Å². The number of ether oxygens (including phenoxy) is 1. The summed E-state index contributed by atoms with van der Waals surface area (Å²) in [7, 11) is 0. The van der Waals surface area contributed by atoms with Crippen molar-refractivity contribution in [2.75, 3.05) is 6.61 Å². The molecular weight excluding hydrogens is 453 g/mol. The smallest absolute Gasteiger partial charge is 0.437 e. The fraction of sp³-hybridized carbons (Fsp3) is 0.261. The van der Waals surface area contributed by atoms with E-state index in [1.165, 1.54) is 23.1 Å². The van der Waals surface area contributed by atoms with Gasteiger partial charge in [-0.1, -0.05) is 48.5 Å². The van der Waals surface area contributed by atoms with Crippen LogP contribution < -0.4 is 10.6 Å². The predicted octanol–water partition coefficient (Wildman–Crippen LogP) is 3.32. The van der Waals surface area contributed by atoms with Crippen LogP contribution in [0, 0.1) is 5.92 Å². The first-order valence-electron chi connectivity index (χ1n) is 10.4. The molecule has 11 heteroatoms. The van der Waals surface area contributed by atoms with Gasteiger partial charge in [0, 0.05) is 17.3 Å². The summed E-state index contributed by atoms with van der Waals surface area (Å²) in [6, 6.07) is 14.5. The van der Waals surface area contributed by atoms with Gasteiger partial charge in [0.1, 0.15) is 5.92 Å². The second-order valence-corrected chi connectivity index (χ2v) is 7.65. The van der Waals surface area contributed by atoms with Crippen molar-refractivity contribution < 1.29 is 32.6 Å². The van der Waals surface area contributed by atoms with Gasteiger partial charge in [0.2, 0.25) is 0 Å². The van der Waals surface area contributed by atoms with E-state index in [1.807, 2.05) is 0 Å². The van der Waals surface area contributed by atoms with Crippen LogP contribution in [0.1, 0.15) is 18.5 Å². The lowest BCUT2D eigenvalue weighted by Gasteiger charge is -2.44. The first kappa shape index (κ1) is 23.3. The van der Waals surface area contributed by atoms with Crippen LogP contribution in [0.5, 0.6) is 0 Å². The number of rotatable bonds is 5. The molecule has 34 heavy (non-hydrogen) atoms. The van der Waals surface area contributed by atoms with E-state index in [2.05, 4.69) is 10.4 Å². The maximum absolute atomic E-state index is 14.0. The highest BCUT2D eigenvalue weighted by atomic mass is 19.4. The molecule has 1 aromatic heterocycles. The Bertz CT molecular complexity index is 1180. The van der Waals surface area contributed by atoms with Crippen LogP contribution in [0.3, 0.4) is 0 Å². The molecule has 0 unspecified atom stereocenters. The fourth-order valence-corrected chi connectivity index (χ4v) is 3.94. The molecular formula is C23H21F3N4O4. The highest BCUT2D eigenvalue weighted by Crippen LogP contribution is 2.45. The van der Waals surface area contributed by atoms with E-state index in [1.54, 1.807) is 60.7 Å². The molecule has 0 aliphatic carbocycles. The number of aromatic nitrogens is 2. The molecule has 1 aliphatic heterocycles. The van der Waals surface area contributed by atoms with Gasteiger partial charge in [-0.25, -0.2) is 9.48 Å². The third-order valence-electron chi connectivity index (χ3n) is 5.49. The molecule has 178 valence electrons. The standard InChI is InChI=1S/C23H21F3N4O4/c1-2-34-20(31)17-19(27-21(32)28-22(17,33)23(24,25)26)16-13-30(15-11-7-4-8-12-15)29-18(16)14-9-5-3-6-10-14/h3-13,17,19,33H,2H2,1H3,(H2,27,28,32)/t17-,19-,22+/m0/s1. The Hall–Kier alpha value is -3.86. The maximum atomic E-state index is 14.0. The normalized spacial score (nSPS) is 22.6. The van der Waals surface area contributed by atoms with Crippen LogP contribution in [0.15, 0.2) is 66.9 Å². The zero-order valence-electron chi connectivity index (χ0n) is 17.9. The molecule has 1 saturated heterocycles. The second-order valence-electron chi connectivity index (χ2n) is 7.65. The minimum Gasteiger partial charge on any atom is -0.466 e. The van der Waals surface area contributed by atoms with Crippen molar-refractivity contribution in [3.63, 3.8) is 0 Å². The Kier molecular flexibility index (Phi) is 6.05. The van der Waals surface area contributed by atoms with E-state index in [9.17, 15) is 27.9 Å². The van der Waals surface area contributed by atoms with Crippen molar-refractivity contribution in [1.29, 1.82) is 0 Å². The predicted molar refractivity (Wildman–Crippen MR) is 115 cm³/mol. The Morgan fingerprint density at radius 3 is 2.35 bits per heavy atom. The first-order chi connectivity index (χ1) is 16.2. The zero-order chi connectivity index (χ0) is 24.5. The lowest BCUT2D eigenvalue weighted by Crippen LogP contribution is -2.73. The number of nitrogens with one attached hydrogen (secondary N) is 2. The van der Waals surface area contributed by atoms with Crippen molar-refractivity contribution in [2.24, 2.45) is 5.92 Å². The number of halogens is 3. The monoisotopic (exact) mass is 474 g/mol. The Balaban J connectivity index is 1.93. The van der Waals surface area contributed by atoms with Crippen LogP contribution in [0.4, 0.5) is 18.0 Å². The molecule has 0 bridgehead atoms. The Morgan fingerprint density at radius 1 is 1.15 bits per heavy atom. The second kappa shape index (κ2) is 8.82. The molecule has 2 amide bonds. The van der Waals surface area contributed by atoms with Gasteiger partial charge in [0.25, 0.3) is 5.72 Å². The summed E-state index contributed by atoms with van der Waals surface area (Å²) in [5.41, 5.74) is -2.39. The molecule has 8 nitrogen and oxygen atoms in total. The Labute approximate surface area is 192 Å². The van der Waals surface area contributed by atoms with E-state index in [0.29, 0.717) is 11.3 Å². The molecule has 4 rings (SSSR count). The highest BCUT2D eigenvalue weighted by Gasteiger charge is 2.67. The van der Waals surface area contributed by atoms with Crippen molar-refractivity contribution in [3.8, 4) is 16.9 Å². The summed E-state index contributed by atoms with van der Waals surface area (Å²) in [5.74, 6) is -3.58. The van der Waals surface area contributed by atoms with Gasteiger partial charge < -0.3 is 20.5 Å². The minimum atomic E-state index is -5.37. The highest BCUT2D eigenvalue weighted by molar-refractivity contribution is 5.84. The van der Waals surface area contributed by atoms with Gasteiger partial charge >= 0.3 is 18.2 Å². The van der Waals surface area contributed by atoms with Crippen molar-refractivity contribution in [3.05, 3.63) is 72.4 Å². The molecule has 2 heterocycles. The molecule has 3 aromatic rings. The van der Waals surface area contributed by atoms with Gasteiger partial charge in [0.15, 0.2) is 0 Å². The molecule has 1 fully saturated rings. The van der Waals surface area contributed by atoms with E-state index in [-0.39, 0.29) is 17.9 Å². The summed E-state index contributed by atoms with van der Waals surface area (Å²) < 4.78 is 48.3. The lowest BCUT2D eigenvalue weighted by atomic mass is 9.81. The van der Waals surface area contributed by atoms with Gasteiger partial charge in [-0.05, 0) is 19.1 Å². The summed E-state index contributed by atoms with van der Waals surface area (Å²) in [6.45, 7) is 1.20. The fourth-order valence-electron chi connectivity index (χ4n) is 3.94. The minimum absolute atomic E-state index is 0.102. The number of para-hydroxylation sites is 1. The summed E-state index contributed by atoms with van der Waals surface area (Å²) >= 11 is 0. The van der Waals surface area contributed by atoms with Gasteiger partial charge in [-0.2, -0.15) is 18.3 Å². The largest absolute Gasteiger partial charge is 0.466 e. The summed E-state index contributed by atoms with van der Waals surface area (Å²) in [4.78, 5) is 25.1. The number of urea groups is 1. The number of carbonyl (C=O) groups is 2. The topological polar surface area (TPSA) is 105 Å². The van der Waals surface area contributed by atoms with Gasteiger partial charge in [-0.15, -0.1) is 0 Å². The number of hydrogen-bond acceptors (Lipinski definition) is 5. The van der Waals surface area contributed by atoms with Gasteiger partial charge in [0.05, 0.1) is 24.0 Å². The molecule has 0 radical (unpaired) electrons. The molecule has 2 aromatic carbocycles. The first-order valence-corrected chi connectivity index (χ1v) is 10.4. The van der Waals surface area contributed by atoms with E-state index in [4.69, 9.17) is 4.74 Å². The third-order valence-corrected chi connectivity index (χ3v) is 5.49. The third kappa shape index (κ3) is 4.10. The molecule has 1 aliphatic rings. The van der Waals surface area contributed by atoms with E-state index >= 15 is 0 Å². The van der Waals surface area contributed by atoms with Crippen LogP contribution in [-0.4, -0.2) is 45.4 Å². The number of amides is 2. The summed E-state index contributed by atoms with van der Waals surface area (Å²) in [6.07, 6.45) is -3.94. The number of carbonyl (C=O) groups excluding carboxylic acids is 2. The van der Waals surface area contributed by atoms with E-state index < -0.39 is 35.9 Å². The van der Waals surface area contributed by atoms with Crippen LogP contribution >= 0.6 is 0 Å². The lowest BCUT2D eigenvalue weighted by molar-refractivity contribution is -0.294. The summed E-state index contributed by atoms with van der Waals surface area (Å²) in [5, 5.41) is 19.0. The number of esters is 1. The van der Waals surface area contributed by atoms with Crippen LogP contribution in [0.2, 0.25) is 0 Å². The van der Waals surface area contributed by atoms with Crippen LogP contribution in [-0.2, 0) is 9.53 Å². The number of benzene rings is 2. The number of hydrogen-bond donors (Lipinski definition) is 3. The average Bonchev–Trinajstić information content (AvgIpc) is 3.24. The van der Waals surface area contributed by atoms with Crippen molar-refractivity contribution in [1.82, 2.24) is 20.4 Å². The average molecular weight is 474 g/mol. The van der Waals surface area contributed by atoms with Crippen molar-refractivity contribution >= 4 is 12.0 Å². The number of nitrogens with zero attached hydrogens (tertiary/aromatic N) is 2. The maximum Gasteiger partial charge on any atom is 0.437 e. The molecule has 0 spiro atoms.